The molecule has 0 heterocycles. The van der Waals surface area contributed by atoms with Crippen molar-refractivity contribution in [2.45, 2.75) is 20.5 Å². The minimum Gasteiger partial charge on any atom is -0.460 e. The number of allylic oxidation sites excluding steroid dienone is 1. The highest BCUT2D eigenvalue weighted by Crippen LogP contribution is 2.60. The van der Waals surface area contributed by atoms with Gasteiger partial charge in [-0.05, 0) is 17.4 Å². The first kappa shape index (κ1) is 17.9. The van der Waals surface area contributed by atoms with E-state index in [1.165, 1.54) is 6.08 Å². The first-order chi connectivity index (χ1) is 10.6. The molecular weight excluding hydrogens is 354 g/mol. The van der Waals surface area contributed by atoms with Crippen LogP contribution in [0.2, 0.25) is 0 Å². The molecule has 2 rings (SSSR count). The first-order valence-electron chi connectivity index (χ1n) is 6.68. The van der Waals surface area contributed by atoms with Crippen molar-refractivity contribution in [3.05, 3.63) is 39.6 Å². The van der Waals surface area contributed by atoms with Crippen LogP contribution in [0, 0.1) is 34.7 Å². The molecule has 1 aliphatic carbocycles. The van der Waals surface area contributed by atoms with Gasteiger partial charge >= 0.3 is 5.97 Å². The molecule has 0 aliphatic heterocycles. The molecule has 0 unspecified atom stereocenters. The summed E-state index contributed by atoms with van der Waals surface area (Å²) >= 11 is 11.2. The molecule has 2 atom stereocenters. The van der Waals surface area contributed by atoms with Gasteiger partial charge in [-0.3, -0.25) is 4.79 Å². The summed E-state index contributed by atoms with van der Waals surface area (Å²) in [5, 5.41) is 0. The zero-order valence-corrected chi connectivity index (χ0v) is 13.8. The molecule has 1 saturated carbocycles. The number of rotatable bonds is 4. The topological polar surface area (TPSA) is 52.3 Å². The smallest absolute Gasteiger partial charge is 0.310 e. The number of nitrogens with two attached hydrogens (primary N) is 1. The highest BCUT2D eigenvalue weighted by Gasteiger charge is 2.61. The van der Waals surface area contributed by atoms with Gasteiger partial charge in [-0.1, -0.05) is 37.0 Å². The molecule has 0 spiro atoms. The van der Waals surface area contributed by atoms with E-state index >= 15 is 0 Å². The maximum atomic E-state index is 13.7. The molecule has 8 heteroatoms. The van der Waals surface area contributed by atoms with Crippen molar-refractivity contribution in [3.63, 3.8) is 0 Å². The van der Waals surface area contributed by atoms with Gasteiger partial charge in [-0.2, -0.15) is 0 Å². The molecule has 0 saturated heterocycles. The molecule has 0 aromatic heterocycles. The second kappa shape index (κ2) is 6.24. The molecule has 126 valence electrons. The minimum atomic E-state index is -1.40. The van der Waals surface area contributed by atoms with Crippen molar-refractivity contribution in [1.82, 2.24) is 0 Å². The first-order valence-corrected chi connectivity index (χ1v) is 7.44. The maximum Gasteiger partial charge on any atom is 0.310 e. The van der Waals surface area contributed by atoms with Gasteiger partial charge in [0.25, 0.3) is 0 Å². The Morgan fingerprint density at radius 1 is 1.35 bits per heavy atom. The quantitative estimate of drug-likeness (QED) is 0.489. The van der Waals surface area contributed by atoms with E-state index in [0.29, 0.717) is 6.07 Å². The van der Waals surface area contributed by atoms with Crippen LogP contribution in [0.3, 0.4) is 0 Å². The molecule has 0 amide bonds. The van der Waals surface area contributed by atoms with Crippen LogP contribution in [-0.4, -0.2) is 5.97 Å². The number of carbonyl (C=O) groups excluding carboxylic acids is 1. The summed E-state index contributed by atoms with van der Waals surface area (Å²) in [6, 6.07) is 0.337. The van der Waals surface area contributed by atoms with Crippen LogP contribution in [0.4, 0.5) is 18.9 Å². The second-order valence-corrected chi connectivity index (χ2v) is 6.94. The zero-order valence-electron chi connectivity index (χ0n) is 12.3. The number of ether oxygens (including phenoxy) is 1. The summed E-state index contributed by atoms with van der Waals surface area (Å²) in [6.07, 6.45) is 1.52. The Labute approximate surface area is 141 Å². The van der Waals surface area contributed by atoms with E-state index < -0.39 is 52.6 Å². The van der Waals surface area contributed by atoms with Crippen molar-refractivity contribution in [2.24, 2.45) is 17.3 Å². The molecule has 1 aromatic rings. The van der Waals surface area contributed by atoms with Crippen molar-refractivity contribution in [3.8, 4) is 0 Å². The van der Waals surface area contributed by atoms with E-state index in [1.807, 2.05) is 13.8 Å². The highest BCUT2D eigenvalue weighted by atomic mass is 35.5. The number of hydrogen-bond donors (Lipinski definition) is 1. The number of benzene rings is 1. The van der Waals surface area contributed by atoms with Crippen molar-refractivity contribution < 1.29 is 22.7 Å². The third-order valence-electron chi connectivity index (χ3n) is 4.14. The Morgan fingerprint density at radius 2 is 1.96 bits per heavy atom. The summed E-state index contributed by atoms with van der Waals surface area (Å²) in [6.45, 7) is 2.96. The van der Waals surface area contributed by atoms with Crippen LogP contribution >= 0.6 is 23.2 Å². The predicted molar refractivity (Wildman–Crippen MR) is 81.1 cm³/mol. The van der Waals surface area contributed by atoms with Crippen LogP contribution in [0.25, 0.3) is 0 Å². The normalized spacial score (nSPS) is 21.7. The highest BCUT2D eigenvalue weighted by molar-refractivity contribution is 6.55. The third-order valence-corrected chi connectivity index (χ3v) is 4.39. The van der Waals surface area contributed by atoms with Gasteiger partial charge in [0.2, 0.25) is 0 Å². The largest absolute Gasteiger partial charge is 0.460 e. The Bertz CT molecular complexity index is 662. The number of carbonyl (C=O) groups is 1. The van der Waals surface area contributed by atoms with Gasteiger partial charge in [-0.15, -0.1) is 0 Å². The van der Waals surface area contributed by atoms with Crippen LogP contribution in [-0.2, 0) is 16.1 Å². The number of esters is 1. The molecule has 1 aromatic carbocycles. The monoisotopic (exact) mass is 367 g/mol. The van der Waals surface area contributed by atoms with E-state index in [-0.39, 0.29) is 10.4 Å². The van der Waals surface area contributed by atoms with E-state index in [1.54, 1.807) is 0 Å². The maximum absolute atomic E-state index is 13.7. The Balaban J connectivity index is 2.11. The van der Waals surface area contributed by atoms with Crippen molar-refractivity contribution in [1.29, 1.82) is 0 Å². The van der Waals surface area contributed by atoms with E-state index in [0.717, 1.165) is 0 Å². The Morgan fingerprint density at radius 3 is 2.52 bits per heavy atom. The van der Waals surface area contributed by atoms with E-state index in [4.69, 9.17) is 33.7 Å². The van der Waals surface area contributed by atoms with Crippen LogP contribution in [0.5, 0.6) is 0 Å². The van der Waals surface area contributed by atoms with Gasteiger partial charge < -0.3 is 10.5 Å². The summed E-state index contributed by atoms with van der Waals surface area (Å²) in [4.78, 5) is 12.1. The minimum absolute atomic E-state index is 0.0286. The average Bonchev–Trinajstić information content (AvgIpc) is 2.96. The van der Waals surface area contributed by atoms with Gasteiger partial charge in [0.05, 0.1) is 17.2 Å². The van der Waals surface area contributed by atoms with E-state index in [2.05, 4.69) is 0 Å². The molecular formula is C15H14Cl2F3NO2. The molecule has 23 heavy (non-hydrogen) atoms. The molecule has 2 N–H and O–H groups in total. The molecule has 0 bridgehead atoms. The van der Waals surface area contributed by atoms with Crippen molar-refractivity contribution >= 4 is 34.9 Å². The van der Waals surface area contributed by atoms with Crippen LogP contribution < -0.4 is 5.73 Å². The summed E-state index contributed by atoms with van der Waals surface area (Å²) in [7, 11) is 0. The SMILES string of the molecule is CC1(C)[C@H](C=C(Cl)Cl)[C@H]1C(=O)OCc1c(N)c(F)cc(F)c1F. The molecule has 1 fully saturated rings. The second-order valence-electron chi connectivity index (χ2n) is 5.94. The van der Waals surface area contributed by atoms with Gasteiger partial charge in [0.1, 0.15) is 16.9 Å². The summed E-state index contributed by atoms with van der Waals surface area (Å²) < 4.78 is 45.2. The Hall–Kier alpha value is -1.40. The molecule has 3 nitrogen and oxygen atoms in total. The van der Waals surface area contributed by atoms with Crippen molar-refractivity contribution in [2.75, 3.05) is 5.73 Å². The fourth-order valence-electron chi connectivity index (χ4n) is 2.61. The summed E-state index contributed by atoms with van der Waals surface area (Å²) in [5.74, 6) is -5.26. The zero-order chi connectivity index (χ0) is 17.5. The standard InChI is InChI=1S/C15H14Cl2F3NO2/c1-15(2)7(3-10(16)17)11(15)14(22)23-5-6-12(20)8(18)4-9(19)13(6)21/h3-4,7,11H,5,21H2,1-2H3/t7-,11+/m1/s1. The lowest BCUT2D eigenvalue weighted by Crippen LogP contribution is -2.13. The number of hydrogen-bond acceptors (Lipinski definition) is 3. The lowest BCUT2D eigenvalue weighted by Gasteiger charge is -2.10. The van der Waals surface area contributed by atoms with Gasteiger partial charge in [0.15, 0.2) is 11.6 Å². The fraction of sp³-hybridized carbons (Fsp3) is 0.400. The number of halogens is 5. The lowest BCUT2D eigenvalue weighted by molar-refractivity contribution is -0.147. The molecule has 1 aliphatic rings. The number of nitrogen functional groups attached to an aromatic ring is 1. The van der Waals surface area contributed by atoms with Gasteiger partial charge in [-0.25, -0.2) is 13.2 Å². The number of anilines is 1. The lowest BCUT2D eigenvalue weighted by atomic mass is 10.1. The van der Waals surface area contributed by atoms with Gasteiger partial charge in [0, 0.05) is 6.07 Å². The van der Waals surface area contributed by atoms with Crippen LogP contribution in [0.15, 0.2) is 16.6 Å². The molecule has 0 radical (unpaired) electrons. The third kappa shape index (κ3) is 3.43. The fourth-order valence-corrected chi connectivity index (χ4v) is 2.88. The predicted octanol–water partition coefficient (Wildman–Crippen LogP) is 4.32. The Kier molecular flexibility index (Phi) is 4.87. The van der Waals surface area contributed by atoms with Crippen LogP contribution in [0.1, 0.15) is 19.4 Å². The average molecular weight is 368 g/mol. The summed E-state index contributed by atoms with van der Waals surface area (Å²) in [5.41, 5.74) is 3.81. The van der Waals surface area contributed by atoms with E-state index in [9.17, 15) is 18.0 Å².